The fourth-order valence-electron chi connectivity index (χ4n) is 2.17. The van der Waals surface area contributed by atoms with Gasteiger partial charge in [0.1, 0.15) is 0 Å². The molecular formula is C17H14ClN3O. The van der Waals surface area contributed by atoms with E-state index in [-0.39, 0.29) is 6.01 Å². The number of aromatic nitrogens is 3. The van der Waals surface area contributed by atoms with Crippen LogP contribution < -0.4 is 0 Å². The monoisotopic (exact) mass is 311 g/mol. The number of halogens is 1. The Hall–Kier alpha value is -2.46. The van der Waals surface area contributed by atoms with Gasteiger partial charge in [0, 0.05) is 11.1 Å². The molecule has 0 aliphatic heterocycles. The first-order chi connectivity index (χ1) is 10.7. The normalized spacial score (nSPS) is 10.6. The minimum atomic E-state index is -0.318. The van der Waals surface area contributed by atoms with Gasteiger partial charge in [-0.1, -0.05) is 54.9 Å². The van der Waals surface area contributed by atoms with E-state index in [4.69, 9.17) is 11.6 Å². The molecule has 0 aliphatic carbocycles. The summed E-state index contributed by atoms with van der Waals surface area (Å²) in [6, 6.07) is 14.8. The SMILES string of the molecule is CCc1ccc(Cl)c(-c2nc(O)nc(-c3ccccc3)n2)c1. The number of aromatic hydroxyl groups is 1. The molecule has 22 heavy (non-hydrogen) atoms. The van der Waals surface area contributed by atoms with Gasteiger partial charge >= 0.3 is 6.01 Å². The van der Waals surface area contributed by atoms with Crippen molar-refractivity contribution in [2.75, 3.05) is 0 Å². The molecule has 0 fully saturated rings. The molecule has 2 aromatic carbocycles. The van der Waals surface area contributed by atoms with E-state index in [9.17, 15) is 5.11 Å². The molecule has 5 heteroatoms. The van der Waals surface area contributed by atoms with E-state index >= 15 is 0 Å². The lowest BCUT2D eigenvalue weighted by Crippen LogP contribution is -1.97. The molecule has 0 bridgehead atoms. The van der Waals surface area contributed by atoms with Crippen LogP contribution in [0.15, 0.2) is 48.5 Å². The molecule has 1 N–H and O–H groups in total. The number of nitrogens with zero attached hydrogens (tertiary/aromatic N) is 3. The largest absolute Gasteiger partial charge is 0.479 e. The Morgan fingerprint density at radius 2 is 1.68 bits per heavy atom. The van der Waals surface area contributed by atoms with Crippen molar-refractivity contribution in [2.24, 2.45) is 0 Å². The maximum atomic E-state index is 9.83. The van der Waals surface area contributed by atoms with Crippen LogP contribution in [0.3, 0.4) is 0 Å². The molecule has 1 heterocycles. The minimum Gasteiger partial charge on any atom is -0.479 e. The Morgan fingerprint density at radius 3 is 2.41 bits per heavy atom. The van der Waals surface area contributed by atoms with Crippen LogP contribution >= 0.6 is 11.6 Å². The highest BCUT2D eigenvalue weighted by molar-refractivity contribution is 6.33. The molecule has 3 rings (SSSR count). The summed E-state index contributed by atoms with van der Waals surface area (Å²) in [4.78, 5) is 12.5. The Bertz CT molecular complexity index is 806. The summed E-state index contributed by atoms with van der Waals surface area (Å²) in [5.41, 5.74) is 2.63. The van der Waals surface area contributed by atoms with Gasteiger partial charge < -0.3 is 5.11 Å². The fraction of sp³-hybridized carbons (Fsp3) is 0.118. The fourth-order valence-corrected chi connectivity index (χ4v) is 2.37. The highest BCUT2D eigenvalue weighted by Crippen LogP contribution is 2.28. The van der Waals surface area contributed by atoms with E-state index in [1.54, 1.807) is 0 Å². The van der Waals surface area contributed by atoms with Crippen LogP contribution in [0.5, 0.6) is 6.01 Å². The predicted molar refractivity (Wildman–Crippen MR) is 86.8 cm³/mol. The number of aryl methyl sites for hydroxylation is 1. The first-order valence-corrected chi connectivity index (χ1v) is 7.34. The Kier molecular flexibility index (Phi) is 4.02. The lowest BCUT2D eigenvalue weighted by Gasteiger charge is -2.07. The predicted octanol–water partition coefficient (Wildman–Crippen LogP) is 4.13. The number of benzene rings is 2. The summed E-state index contributed by atoms with van der Waals surface area (Å²) in [5, 5.41) is 10.4. The van der Waals surface area contributed by atoms with E-state index in [0.29, 0.717) is 22.2 Å². The molecule has 110 valence electrons. The van der Waals surface area contributed by atoms with Gasteiger partial charge in [0.05, 0.1) is 5.02 Å². The molecule has 0 spiro atoms. The van der Waals surface area contributed by atoms with Crippen LogP contribution in [0.2, 0.25) is 5.02 Å². The second-order valence-electron chi connectivity index (χ2n) is 4.82. The van der Waals surface area contributed by atoms with E-state index in [1.165, 1.54) is 0 Å². The third kappa shape index (κ3) is 2.92. The zero-order chi connectivity index (χ0) is 15.5. The third-order valence-corrected chi connectivity index (χ3v) is 3.67. The molecule has 0 radical (unpaired) electrons. The van der Waals surface area contributed by atoms with Crippen molar-refractivity contribution in [3.8, 4) is 28.8 Å². The smallest absolute Gasteiger partial charge is 0.318 e. The third-order valence-electron chi connectivity index (χ3n) is 3.34. The van der Waals surface area contributed by atoms with Crippen molar-refractivity contribution >= 4 is 11.6 Å². The Morgan fingerprint density at radius 1 is 0.955 bits per heavy atom. The lowest BCUT2D eigenvalue weighted by atomic mass is 10.1. The molecule has 0 unspecified atom stereocenters. The van der Waals surface area contributed by atoms with Crippen LogP contribution in [0.25, 0.3) is 22.8 Å². The van der Waals surface area contributed by atoms with Gasteiger partial charge in [-0.25, -0.2) is 4.98 Å². The Balaban J connectivity index is 2.14. The minimum absolute atomic E-state index is 0.318. The lowest BCUT2D eigenvalue weighted by molar-refractivity contribution is 0.430. The summed E-state index contributed by atoms with van der Waals surface area (Å²) in [6.45, 7) is 2.06. The molecule has 0 atom stereocenters. The van der Waals surface area contributed by atoms with E-state index in [1.807, 2.05) is 48.5 Å². The van der Waals surface area contributed by atoms with Crippen LogP contribution in [0.4, 0.5) is 0 Å². The maximum Gasteiger partial charge on any atom is 0.318 e. The summed E-state index contributed by atoms with van der Waals surface area (Å²) >= 11 is 6.26. The molecule has 0 aliphatic rings. The molecule has 1 aromatic heterocycles. The van der Waals surface area contributed by atoms with Crippen molar-refractivity contribution < 1.29 is 5.11 Å². The molecule has 0 amide bonds. The van der Waals surface area contributed by atoms with Crippen molar-refractivity contribution in [3.05, 3.63) is 59.1 Å². The number of rotatable bonds is 3. The van der Waals surface area contributed by atoms with Gasteiger partial charge in [-0.05, 0) is 24.1 Å². The standard InChI is InChI=1S/C17H14ClN3O/c1-2-11-8-9-14(18)13(10-11)16-19-15(20-17(22)21-16)12-6-4-3-5-7-12/h3-10H,2H2,1H3,(H,19,20,21,22). The van der Waals surface area contributed by atoms with Crippen LogP contribution in [0, 0.1) is 0 Å². The number of hydrogen-bond acceptors (Lipinski definition) is 4. The van der Waals surface area contributed by atoms with Gasteiger partial charge in [0.15, 0.2) is 11.6 Å². The van der Waals surface area contributed by atoms with Crippen molar-refractivity contribution in [3.63, 3.8) is 0 Å². The van der Waals surface area contributed by atoms with E-state index < -0.39 is 0 Å². The first kappa shape index (κ1) is 14.5. The second-order valence-corrected chi connectivity index (χ2v) is 5.22. The molecule has 4 nitrogen and oxygen atoms in total. The zero-order valence-electron chi connectivity index (χ0n) is 12.0. The van der Waals surface area contributed by atoms with Gasteiger partial charge in [0.2, 0.25) is 0 Å². The van der Waals surface area contributed by atoms with Crippen molar-refractivity contribution in [1.82, 2.24) is 15.0 Å². The van der Waals surface area contributed by atoms with Gasteiger partial charge in [-0.2, -0.15) is 9.97 Å². The summed E-state index contributed by atoms with van der Waals surface area (Å²) < 4.78 is 0. The van der Waals surface area contributed by atoms with Gasteiger partial charge in [0.25, 0.3) is 0 Å². The quantitative estimate of drug-likeness (QED) is 0.790. The Labute approximate surface area is 133 Å². The van der Waals surface area contributed by atoms with Crippen molar-refractivity contribution in [2.45, 2.75) is 13.3 Å². The molecule has 0 saturated heterocycles. The van der Waals surface area contributed by atoms with Crippen molar-refractivity contribution in [1.29, 1.82) is 0 Å². The van der Waals surface area contributed by atoms with Crippen LogP contribution in [-0.2, 0) is 6.42 Å². The molecule has 0 saturated carbocycles. The number of hydrogen-bond donors (Lipinski definition) is 1. The molecule has 3 aromatic rings. The average molecular weight is 312 g/mol. The molecular weight excluding hydrogens is 298 g/mol. The highest BCUT2D eigenvalue weighted by Gasteiger charge is 2.12. The average Bonchev–Trinajstić information content (AvgIpc) is 2.55. The van der Waals surface area contributed by atoms with E-state index in [0.717, 1.165) is 17.5 Å². The van der Waals surface area contributed by atoms with E-state index in [2.05, 4.69) is 21.9 Å². The second kappa shape index (κ2) is 6.12. The van der Waals surface area contributed by atoms with Crippen LogP contribution in [-0.4, -0.2) is 20.1 Å². The summed E-state index contributed by atoms with van der Waals surface area (Å²) in [5.74, 6) is 0.785. The highest BCUT2D eigenvalue weighted by atomic mass is 35.5. The summed E-state index contributed by atoms with van der Waals surface area (Å²) in [7, 11) is 0. The van der Waals surface area contributed by atoms with Gasteiger partial charge in [-0.3, -0.25) is 0 Å². The summed E-state index contributed by atoms with van der Waals surface area (Å²) in [6.07, 6.45) is 0.882. The van der Waals surface area contributed by atoms with Crippen LogP contribution in [0.1, 0.15) is 12.5 Å². The first-order valence-electron chi connectivity index (χ1n) is 6.96. The topological polar surface area (TPSA) is 58.9 Å². The maximum absolute atomic E-state index is 9.83. The van der Waals surface area contributed by atoms with Gasteiger partial charge in [-0.15, -0.1) is 0 Å². The zero-order valence-corrected chi connectivity index (χ0v) is 12.7.